The maximum absolute atomic E-state index is 9.80. The monoisotopic (exact) mass is 261 g/mol. The normalized spacial score (nSPS) is 33.5. The summed E-state index contributed by atoms with van der Waals surface area (Å²) >= 11 is 0. The molecule has 1 aromatic heterocycles. The summed E-state index contributed by atoms with van der Waals surface area (Å²) in [6, 6.07) is 1.77. The van der Waals surface area contributed by atoms with E-state index in [4.69, 9.17) is 20.0 Å². The zero-order chi connectivity index (χ0) is 11.3. The SMILES string of the molecule is Cl.N=c1ccn2c(n1)O[C@H]1[C@H](O)[C@@H](CO)O[C@H]12. The molecular weight excluding hydrogens is 250 g/mol. The summed E-state index contributed by atoms with van der Waals surface area (Å²) < 4.78 is 12.5. The first-order valence-corrected chi connectivity index (χ1v) is 4.95. The Balaban J connectivity index is 0.00000108. The molecule has 2 aliphatic rings. The van der Waals surface area contributed by atoms with E-state index in [0.29, 0.717) is 0 Å². The van der Waals surface area contributed by atoms with Crippen LogP contribution in [0.5, 0.6) is 6.01 Å². The van der Waals surface area contributed by atoms with Crippen molar-refractivity contribution in [3.8, 4) is 6.01 Å². The molecule has 0 bridgehead atoms. The average molecular weight is 262 g/mol. The number of hydrogen-bond acceptors (Lipinski definition) is 6. The molecular formula is C9H12ClN3O4. The summed E-state index contributed by atoms with van der Waals surface area (Å²) in [6.45, 7) is -0.253. The van der Waals surface area contributed by atoms with Gasteiger partial charge in [-0.3, -0.25) is 9.98 Å². The largest absolute Gasteiger partial charge is 0.454 e. The smallest absolute Gasteiger partial charge is 0.301 e. The van der Waals surface area contributed by atoms with E-state index in [0.717, 1.165) is 0 Å². The summed E-state index contributed by atoms with van der Waals surface area (Å²) in [4.78, 5) is 3.88. The molecule has 0 saturated carbocycles. The molecule has 1 saturated heterocycles. The number of hydrogen-bond donors (Lipinski definition) is 3. The third kappa shape index (κ3) is 1.71. The van der Waals surface area contributed by atoms with Gasteiger partial charge < -0.3 is 19.7 Å². The minimum absolute atomic E-state index is 0. The van der Waals surface area contributed by atoms with Crippen LogP contribution in [0.15, 0.2) is 12.3 Å². The highest BCUT2D eigenvalue weighted by atomic mass is 35.5. The van der Waals surface area contributed by atoms with Crippen LogP contribution in [0.2, 0.25) is 0 Å². The van der Waals surface area contributed by atoms with E-state index in [1.807, 2.05) is 0 Å². The molecule has 1 aromatic rings. The predicted molar refractivity (Wildman–Crippen MR) is 56.7 cm³/mol. The lowest BCUT2D eigenvalue weighted by Crippen LogP contribution is -2.34. The van der Waals surface area contributed by atoms with Crippen molar-refractivity contribution in [2.75, 3.05) is 6.61 Å². The Labute approximate surface area is 103 Å². The molecule has 0 amide bonds. The number of nitrogens with one attached hydrogen (secondary N) is 1. The summed E-state index contributed by atoms with van der Waals surface area (Å²) in [5.41, 5.74) is 0.0967. The molecule has 4 atom stereocenters. The van der Waals surface area contributed by atoms with E-state index >= 15 is 0 Å². The molecule has 94 valence electrons. The van der Waals surface area contributed by atoms with Gasteiger partial charge in [0.25, 0.3) is 0 Å². The number of aliphatic hydroxyl groups excluding tert-OH is 2. The van der Waals surface area contributed by atoms with Crippen molar-refractivity contribution in [2.45, 2.75) is 24.5 Å². The number of aliphatic hydroxyl groups is 2. The van der Waals surface area contributed by atoms with E-state index in [9.17, 15) is 5.11 Å². The van der Waals surface area contributed by atoms with Crippen LogP contribution in [0.1, 0.15) is 6.23 Å². The minimum atomic E-state index is -0.883. The lowest BCUT2D eigenvalue weighted by atomic mass is 10.1. The van der Waals surface area contributed by atoms with E-state index < -0.39 is 24.5 Å². The third-order valence-electron chi connectivity index (χ3n) is 2.84. The van der Waals surface area contributed by atoms with Gasteiger partial charge in [0, 0.05) is 6.20 Å². The van der Waals surface area contributed by atoms with E-state index in [-0.39, 0.29) is 30.5 Å². The fourth-order valence-electron chi connectivity index (χ4n) is 2.04. The molecule has 3 rings (SSSR count). The predicted octanol–water partition coefficient (Wildman–Crippen LogP) is -1.20. The van der Waals surface area contributed by atoms with Gasteiger partial charge in [-0.1, -0.05) is 0 Å². The fraction of sp³-hybridized carbons (Fsp3) is 0.556. The summed E-state index contributed by atoms with van der Waals surface area (Å²) in [5, 5.41) is 26.1. The zero-order valence-corrected chi connectivity index (χ0v) is 9.50. The third-order valence-corrected chi connectivity index (χ3v) is 2.84. The van der Waals surface area contributed by atoms with Gasteiger partial charge in [-0.25, -0.2) is 0 Å². The molecule has 2 aliphatic heterocycles. The second-order valence-corrected chi connectivity index (χ2v) is 3.82. The Morgan fingerprint density at radius 2 is 2.29 bits per heavy atom. The van der Waals surface area contributed by atoms with Crippen LogP contribution in [0.25, 0.3) is 0 Å². The number of halogens is 1. The van der Waals surface area contributed by atoms with Crippen LogP contribution >= 0.6 is 12.4 Å². The van der Waals surface area contributed by atoms with Crippen molar-refractivity contribution in [1.29, 1.82) is 5.41 Å². The maximum Gasteiger partial charge on any atom is 0.301 e. The molecule has 17 heavy (non-hydrogen) atoms. The van der Waals surface area contributed by atoms with Crippen LogP contribution in [0.3, 0.4) is 0 Å². The summed E-state index contributed by atoms with van der Waals surface area (Å²) in [7, 11) is 0. The molecule has 1 fully saturated rings. The minimum Gasteiger partial charge on any atom is -0.454 e. The first-order chi connectivity index (χ1) is 7.70. The lowest BCUT2D eigenvalue weighted by molar-refractivity contribution is -0.0434. The Bertz CT molecular complexity index is 480. The summed E-state index contributed by atoms with van der Waals surface area (Å²) in [6.07, 6.45) is -0.930. The van der Waals surface area contributed by atoms with Gasteiger partial charge in [0.15, 0.2) is 17.8 Å². The maximum atomic E-state index is 9.80. The Morgan fingerprint density at radius 3 is 3.00 bits per heavy atom. The standard InChI is InChI=1S/C9H11N3O4.ClH/c10-5-1-2-12-8-7(16-9(12)11-5)6(14)4(3-13)15-8;/h1-2,4,6-8,10,13-14H,3H2;1H/t4-,6-,7+,8-;/m1./s1. The Hall–Kier alpha value is -1.15. The first-order valence-electron chi connectivity index (χ1n) is 4.95. The second-order valence-electron chi connectivity index (χ2n) is 3.82. The fourth-order valence-corrected chi connectivity index (χ4v) is 2.04. The molecule has 3 heterocycles. The number of aromatic nitrogens is 2. The molecule has 0 spiro atoms. The van der Waals surface area contributed by atoms with Gasteiger partial charge in [0.2, 0.25) is 0 Å². The summed E-state index contributed by atoms with van der Waals surface area (Å²) in [5.74, 6) is 0. The molecule has 0 radical (unpaired) electrons. The highest BCUT2D eigenvalue weighted by Gasteiger charge is 2.50. The van der Waals surface area contributed by atoms with Crippen LogP contribution in [-0.4, -0.2) is 44.7 Å². The second kappa shape index (κ2) is 4.26. The first kappa shape index (κ1) is 12.3. The average Bonchev–Trinajstić information content (AvgIpc) is 2.75. The van der Waals surface area contributed by atoms with Crippen molar-refractivity contribution in [3.63, 3.8) is 0 Å². The van der Waals surface area contributed by atoms with Gasteiger partial charge in [0.05, 0.1) is 6.61 Å². The van der Waals surface area contributed by atoms with Crippen molar-refractivity contribution < 1.29 is 19.7 Å². The van der Waals surface area contributed by atoms with Crippen molar-refractivity contribution in [2.24, 2.45) is 0 Å². The zero-order valence-electron chi connectivity index (χ0n) is 8.68. The quantitative estimate of drug-likeness (QED) is 0.589. The topological polar surface area (TPSA) is 101 Å². The number of ether oxygens (including phenoxy) is 2. The van der Waals surface area contributed by atoms with E-state index in [1.54, 1.807) is 10.8 Å². The van der Waals surface area contributed by atoms with Gasteiger partial charge in [-0.05, 0) is 6.07 Å². The van der Waals surface area contributed by atoms with Crippen LogP contribution in [0.4, 0.5) is 0 Å². The van der Waals surface area contributed by atoms with Crippen molar-refractivity contribution in [1.82, 2.24) is 9.55 Å². The Kier molecular flexibility index (Phi) is 3.09. The number of nitrogens with zero attached hydrogens (tertiary/aromatic N) is 2. The molecule has 8 heteroatoms. The number of fused-ring (bicyclic) bond motifs is 3. The van der Waals surface area contributed by atoms with Gasteiger partial charge >= 0.3 is 6.01 Å². The molecule has 0 aliphatic carbocycles. The molecule has 0 aromatic carbocycles. The highest BCUT2D eigenvalue weighted by Crippen LogP contribution is 2.38. The van der Waals surface area contributed by atoms with Crippen molar-refractivity contribution >= 4 is 12.4 Å². The van der Waals surface area contributed by atoms with Crippen LogP contribution < -0.4 is 10.2 Å². The molecule has 3 N–H and O–H groups in total. The molecule has 0 unspecified atom stereocenters. The van der Waals surface area contributed by atoms with E-state index in [2.05, 4.69) is 4.98 Å². The molecule has 7 nitrogen and oxygen atoms in total. The number of rotatable bonds is 1. The van der Waals surface area contributed by atoms with Gasteiger partial charge in [-0.15, -0.1) is 12.4 Å². The van der Waals surface area contributed by atoms with E-state index in [1.165, 1.54) is 6.07 Å². The lowest BCUT2D eigenvalue weighted by Gasteiger charge is -2.14. The van der Waals surface area contributed by atoms with Gasteiger partial charge in [0.1, 0.15) is 12.2 Å². The van der Waals surface area contributed by atoms with Gasteiger partial charge in [-0.2, -0.15) is 4.98 Å². The highest BCUT2D eigenvalue weighted by molar-refractivity contribution is 5.85. The van der Waals surface area contributed by atoms with Crippen LogP contribution in [0, 0.1) is 5.41 Å². The van der Waals surface area contributed by atoms with Crippen molar-refractivity contribution in [3.05, 3.63) is 17.8 Å². The van der Waals surface area contributed by atoms with Crippen LogP contribution in [-0.2, 0) is 4.74 Å². The Morgan fingerprint density at radius 1 is 1.53 bits per heavy atom.